The number of piperazine rings is 1. The summed E-state index contributed by atoms with van der Waals surface area (Å²) in [6.07, 6.45) is 3.18. The van der Waals surface area contributed by atoms with Gasteiger partial charge in [-0.25, -0.2) is 0 Å². The number of hydrogen-bond donors (Lipinski definition) is 1. The van der Waals surface area contributed by atoms with E-state index in [9.17, 15) is 0 Å². The second kappa shape index (κ2) is 8.64. The molecule has 1 aliphatic heterocycles. The zero-order valence-electron chi connectivity index (χ0n) is 11.8. The minimum Gasteiger partial charge on any atom is -0.353 e. The monoisotopic (exact) mass is 305 g/mol. The molecule has 1 atom stereocenters. The Labute approximate surface area is 128 Å². The molecule has 0 unspecified atom stereocenters. The normalized spacial score (nSPS) is 17.2. The van der Waals surface area contributed by atoms with Crippen molar-refractivity contribution in [2.75, 3.05) is 26.2 Å². The van der Waals surface area contributed by atoms with Crippen LogP contribution in [0.2, 0.25) is 0 Å². The fourth-order valence-electron chi connectivity index (χ4n) is 2.57. The zero-order chi connectivity index (χ0) is 12.3. The highest BCUT2D eigenvalue weighted by Crippen LogP contribution is 2.27. The molecule has 0 aromatic carbocycles. The van der Waals surface area contributed by atoms with Gasteiger partial charge in [0, 0.05) is 45.1 Å². The third-order valence-corrected chi connectivity index (χ3v) is 3.46. The SMILES string of the molecule is C=C(C)C[C@@H](c1cccn1C)N1CCNCC1.Cl.Cl. The van der Waals surface area contributed by atoms with Crippen LogP contribution in [0, 0.1) is 0 Å². The average Bonchev–Trinajstić information content (AvgIpc) is 2.73. The minimum atomic E-state index is 0. The van der Waals surface area contributed by atoms with Crippen LogP contribution in [0.1, 0.15) is 25.1 Å². The summed E-state index contributed by atoms with van der Waals surface area (Å²) in [6.45, 7) is 10.6. The Morgan fingerprint density at radius 2 is 2.00 bits per heavy atom. The highest BCUT2D eigenvalue weighted by atomic mass is 35.5. The largest absolute Gasteiger partial charge is 0.353 e. The molecule has 3 nitrogen and oxygen atoms in total. The van der Waals surface area contributed by atoms with Crippen LogP contribution in [0.25, 0.3) is 0 Å². The lowest BCUT2D eigenvalue weighted by atomic mass is 10.0. The van der Waals surface area contributed by atoms with Crippen LogP contribution in [-0.4, -0.2) is 35.6 Å². The van der Waals surface area contributed by atoms with Crippen molar-refractivity contribution < 1.29 is 0 Å². The molecule has 5 heteroatoms. The second-order valence-electron chi connectivity index (χ2n) is 5.01. The fourth-order valence-corrected chi connectivity index (χ4v) is 2.57. The van der Waals surface area contributed by atoms with Crippen molar-refractivity contribution in [3.8, 4) is 0 Å². The molecular formula is C14H25Cl2N3. The van der Waals surface area contributed by atoms with Crippen LogP contribution >= 0.6 is 24.8 Å². The van der Waals surface area contributed by atoms with E-state index in [-0.39, 0.29) is 24.8 Å². The van der Waals surface area contributed by atoms with Gasteiger partial charge in [-0.05, 0) is 25.5 Å². The maximum absolute atomic E-state index is 4.08. The molecule has 110 valence electrons. The van der Waals surface area contributed by atoms with Gasteiger partial charge < -0.3 is 9.88 Å². The van der Waals surface area contributed by atoms with E-state index >= 15 is 0 Å². The van der Waals surface area contributed by atoms with Gasteiger partial charge in [-0.15, -0.1) is 31.4 Å². The predicted molar refractivity (Wildman–Crippen MR) is 86.5 cm³/mol. The third kappa shape index (κ3) is 4.84. The van der Waals surface area contributed by atoms with Gasteiger partial charge in [-0.1, -0.05) is 5.57 Å². The van der Waals surface area contributed by atoms with Crippen molar-refractivity contribution in [2.24, 2.45) is 7.05 Å². The Morgan fingerprint density at radius 1 is 1.37 bits per heavy atom. The van der Waals surface area contributed by atoms with Crippen LogP contribution in [0.5, 0.6) is 0 Å². The third-order valence-electron chi connectivity index (χ3n) is 3.46. The molecule has 0 amide bonds. The summed E-state index contributed by atoms with van der Waals surface area (Å²) in [4.78, 5) is 2.57. The van der Waals surface area contributed by atoms with Crippen LogP contribution in [-0.2, 0) is 7.05 Å². The topological polar surface area (TPSA) is 20.2 Å². The molecule has 0 bridgehead atoms. The smallest absolute Gasteiger partial charge is 0.0538 e. The van der Waals surface area contributed by atoms with Crippen LogP contribution in [0.15, 0.2) is 30.5 Å². The average molecular weight is 306 g/mol. The Balaban J connectivity index is 0.00000162. The molecule has 0 aliphatic carbocycles. The first-order valence-electron chi connectivity index (χ1n) is 6.39. The van der Waals surface area contributed by atoms with Crippen molar-refractivity contribution in [3.05, 3.63) is 36.2 Å². The van der Waals surface area contributed by atoms with Crippen molar-refractivity contribution in [1.82, 2.24) is 14.8 Å². The summed E-state index contributed by atoms with van der Waals surface area (Å²) in [5, 5.41) is 3.41. The molecule has 0 radical (unpaired) electrons. The number of halogens is 2. The predicted octanol–water partition coefficient (Wildman–Crippen LogP) is 2.78. The molecule has 1 N–H and O–H groups in total. The number of hydrogen-bond acceptors (Lipinski definition) is 2. The molecule has 2 rings (SSSR count). The van der Waals surface area contributed by atoms with Gasteiger partial charge in [0.15, 0.2) is 0 Å². The highest BCUT2D eigenvalue weighted by molar-refractivity contribution is 5.85. The Bertz CT molecular complexity index is 384. The van der Waals surface area contributed by atoms with Gasteiger partial charge in [0.25, 0.3) is 0 Å². The van der Waals surface area contributed by atoms with E-state index in [4.69, 9.17) is 0 Å². The summed E-state index contributed by atoms with van der Waals surface area (Å²) in [7, 11) is 2.13. The zero-order valence-corrected chi connectivity index (χ0v) is 13.4. The molecular weight excluding hydrogens is 281 g/mol. The van der Waals surface area contributed by atoms with Crippen molar-refractivity contribution in [1.29, 1.82) is 0 Å². The first-order valence-corrected chi connectivity index (χ1v) is 6.39. The van der Waals surface area contributed by atoms with E-state index < -0.39 is 0 Å². The number of aryl methyl sites for hydroxylation is 1. The Hall–Kier alpha value is -0.480. The van der Waals surface area contributed by atoms with Gasteiger partial charge in [0.05, 0.1) is 6.04 Å². The van der Waals surface area contributed by atoms with Crippen molar-refractivity contribution >= 4 is 24.8 Å². The molecule has 1 aromatic heterocycles. The summed E-state index contributed by atoms with van der Waals surface area (Å²) in [5.74, 6) is 0. The van der Waals surface area contributed by atoms with Gasteiger partial charge >= 0.3 is 0 Å². The number of nitrogens with one attached hydrogen (secondary N) is 1. The first-order chi connectivity index (χ1) is 8.18. The Kier molecular flexibility index (Phi) is 8.42. The van der Waals surface area contributed by atoms with E-state index in [0.29, 0.717) is 6.04 Å². The standard InChI is InChI=1S/C14H23N3.2ClH/c1-12(2)11-14(13-5-4-8-16(13)3)17-9-6-15-7-10-17;;/h4-5,8,14-15H,1,6-7,9-11H2,2-3H3;2*1H/t14-;;/m0../s1. The maximum atomic E-state index is 4.08. The van der Waals surface area contributed by atoms with Gasteiger partial charge in [0.1, 0.15) is 0 Å². The summed E-state index contributed by atoms with van der Waals surface area (Å²) < 4.78 is 2.23. The fraction of sp³-hybridized carbons (Fsp3) is 0.571. The van der Waals surface area contributed by atoms with Crippen LogP contribution < -0.4 is 5.32 Å². The van der Waals surface area contributed by atoms with E-state index in [1.807, 2.05) is 0 Å². The molecule has 2 heterocycles. The molecule has 0 spiro atoms. The molecule has 1 aliphatic rings. The second-order valence-corrected chi connectivity index (χ2v) is 5.01. The van der Waals surface area contributed by atoms with Crippen LogP contribution in [0.3, 0.4) is 0 Å². The molecule has 1 saturated heterocycles. The summed E-state index contributed by atoms with van der Waals surface area (Å²) in [5.41, 5.74) is 2.66. The van der Waals surface area contributed by atoms with Crippen LogP contribution in [0.4, 0.5) is 0 Å². The quantitative estimate of drug-likeness (QED) is 0.863. The number of rotatable bonds is 4. The number of aromatic nitrogens is 1. The number of nitrogens with zero attached hydrogens (tertiary/aromatic N) is 2. The van der Waals surface area contributed by atoms with E-state index in [2.05, 4.69) is 53.7 Å². The van der Waals surface area contributed by atoms with Crippen molar-refractivity contribution in [3.63, 3.8) is 0 Å². The van der Waals surface area contributed by atoms with Gasteiger partial charge in [-0.2, -0.15) is 0 Å². The van der Waals surface area contributed by atoms with Crippen molar-refractivity contribution in [2.45, 2.75) is 19.4 Å². The van der Waals surface area contributed by atoms with E-state index in [1.165, 1.54) is 11.3 Å². The molecule has 1 aromatic rings. The minimum absolute atomic E-state index is 0. The van der Waals surface area contributed by atoms with Gasteiger partial charge in [-0.3, -0.25) is 4.90 Å². The van der Waals surface area contributed by atoms with E-state index in [1.54, 1.807) is 0 Å². The Morgan fingerprint density at radius 3 is 2.47 bits per heavy atom. The lowest BCUT2D eigenvalue weighted by Crippen LogP contribution is -2.45. The van der Waals surface area contributed by atoms with Gasteiger partial charge in [0.2, 0.25) is 0 Å². The summed E-state index contributed by atoms with van der Waals surface area (Å²) >= 11 is 0. The first kappa shape index (κ1) is 18.5. The lowest BCUT2D eigenvalue weighted by molar-refractivity contribution is 0.167. The maximum Gasteiger partial charge on any atom is 0.0538 e. The molecule has 1 fully saturated rings. The molecule has 19 heavy (non-hydrogen) atoms. The molecule has 0 saturated carbocycles. The summed E-state index contributed by atoms with van der Waals surface area (Å²) in [6, 6.07) is 4.84. The van der Waals surface area contributed by atoms with E-state index in [0.717, 1.165) is 32.6 Å². The lowest BCUT2D eigenvalue weighted by Gasteiger charge is -2.35. The highest BCUT2D eigenvalue weighted by Gasteiger charge is 2.23.